The summed E-state index contributed by atoms with van der Waals surface area (Å²) in [5.41, 5.74) is 0.976. The van der Waals surface area contributed by atoms with Crippen LogP contribution in [0, 0.1) is 10.1 Å². The van der Waals surface area contributed by atoms with E-state index in [-0.39, 0.29) is 6.04 Å². The van der Waals surface area contributed by atoms with Gasteiger partial charge in [-0.05, 0) is 18.6 Å². The third-order valence-electron chi connectivity index (χ3n) is 2.26. The molecule has 0 aliphatic heterocycles. The number of hydrogen-bond acceptors (Lipinski definition) is 5. The van der Waals surface area contributed by atoms with E-state index >= 15 is 0 Å². The normalized spacial score (nSPS) is 13.0. The Balaban J connectivity index is 2.78. The largest absolute Gasteiger partial charge is 0.360 e. The van der Waals surface area contributed by atoms with Crippen molar-refractivity contribution in [3.05, 3.63) is 52.2 Å². The van der Waals surface area contributed by atoms with Crippen LogP contribution >= 0.6 is 0 Å². The van der Waals surface area contributed by atoms with Gasteiger partial charge in [0, 0.05) is 26.5 Å². The van der Waals surface area contributed by atoms with Gasteiger partial charge in [-0.15, -0.1) is 0 Å². The molecule has 1 N–H and O–H groups in total. The minimum Gasteiger partial charge on any atom is -0.360 e. The molecular formula is C11H16N4O2. The molecule has 1 atom stereocenters. The van der Waals surface area contributed by atoms with E-state index in [4.69, 9.17) is 0 Å². The number of nitro groups is 1. The van der Waals surface area contributed by atoms with Gasteiger partial charge in [0.05, 0.1) is 11.0 Å². The Morgan fingerprint density at radius 3 is 2.82 bits per heavy atom. The van der Waals surface area contributed by atoms with E-state index in [9.17, 15) is 10.1 Å². The summed E-state index contributed by atoms with van der Waals surface area (Å²) in [5.74, 6) is 0.450. The number of nitrogens with one attached hydrogen (secondary N) is 1. The molecule has 0 amide bonds. The predicted octanol–water partition coefficient (Wildman–Crippen LogP) is 1.37. The molecule has 17 heavy (non-hydrogen) atoms. The highest BCUT2D eigenvalue weighted by atomic mass is 16.6. The van der Waals surface area contributed by atoms with Gasteiger partial charge in [-0.1, -0.05) is 6.07 Å². The molecule has 0 saturated carbocycles. The lowest BCUT2D eigenvalue weighted by atomic mass is 10.1. The van der Waals surface area contributed by atoms with Crippen molar-refractivity contribution in [3.8, 4) is 0 Å². The zero-order valence-electron chi connectivity index (χ0n) is 10.1. The Hall–Kier alpha value is -2.11. The molecule has 0 aliphatic carbocycles. The predicted molar refractivity (Wildman–Crippen MR) is 64.6 cm³/mol. The highest BCUT2D eigenvalue weighted by molar-refractivity contribution is 5.14. The molecule has 1 rings (SSSR count). The van der Waals surface area contributed by atoms with Crippen molar-refractivity contribution in [3.63, 3.8) is 0 Å². The molecule has 6 heteroatoms. The topological polar surface area (TPSA) is 71.3 Å². The maximum Gasteiger partial charge on any atom is 0.274 e. The minimum atomic E-state index is -0.474. The molecular weight excluding hydrogens is 220 g/mol. The van der Waals surface area contributed by atoms with Crippen molar-refractivity contribution < 1.29 is 4.92 Å². The Morgan fingerprint density at radius 1 is 1.65 bits per heavy atom. The van der Waals surface area contributed by atoms with Gasteiger partial charge in [0.1, 0.15) is 0 Å². The summed E-state index contributed by atoms with van der Waals surface area (Å²) in [5, 5.41) is 13.6. The van der Waals surface area contributed by atoms with Gasteiger partial charge in [0.15, 0.2) is 5.82 Å². The summed E-state index contributed by atoms with van der Waals surface area (Å²) in [7, 11) is 3.50. The van der Waals surface area contributed by atoms with E-state index in [0.717, 1.165) is 11.8 Å². The van der Waals surface area contributed by atoms with Crippen molar-refractivity contribution in [2.75, 3.05) is 14.1 Å². The van der Waals surface area contributed by atoms with E-state index < -0.39 is 4.92 Å². The van der Waals surface area contributed by atoms with Crippen LogP contribution in [-0.4, -0.2) is 28.9 Å². The van der Waals surface area contributed by atoms with Gasteiger partial charge in [0.2, 0.25) is 0 Å². The fourth-order valence-electron chi connectivity index (χ4n) is 1.32. The van der Waals surface area contributed by atoms with Gasteiger partial charge < -0.3 is 10.2 Å². The first-order chi connectivity index (χ1) is 8.00. The quantitative estimate of drug-likeness (QED) is 0.617. The van der Waals surface area contributed by atoms with Crippen LogP contribution < -0.4 is 5.32 Å². The Morgan fingerprint density at radius 2 is 2.35 bits per heavy atom. The standard InChI is InChI=1S/C11H16N4O2/c1-9(10-5-4-6-12-7-10)13-11(14(2)3)8-15(16)17/h4-9,13H,1-3H3/b11-8-. The third-order valence-corrected chi connectivity index (χ3v) is 2.26. The minimum absolute atomic E-state index is 0.0442. The molecule has 0 saturated heterocycles. The van der Waals surface area contributed by atoms with E-state index in [1.807, 2.05) is 19.1 Å². The molecule has 0 radical (unpaired) electrons. The molecule has 1 aromatic rings. The maximum absolute atomic E-state index is 10.5. The second-order valence-corrected chi connectivity index (χ2v) is 3.85. The summed E-state index contributed by atoms with van der Waals surface area (Å²) in [4.78, 5) is 15.7. The van der Waals surface area contributed by atoms with Gasteiger partial charge in [-0.25, -0.2) is 0 Å². The van der Waals surface area contributed by atoms with Crippen molar-refractivity contribution in [2.45, 2.75) is 13.0 Å². The first kappa shape index (κ1) is 13.0. The first-order valence-corrected chi connectivity index (χ1v) is 5.20. The summed E-state index contributed by atoms with van der Waals surface area (Å²) >= 11 is 0. The zero-order valence-corrected chi connectivity index (χ0v) is 10.1. The summed E-state index contributed by atoms with van der Waals surface area (Å²) in [6, 6.07) is 3.71. The molecule has 0 fully saturated rings. The Bertz CT molecular complexity index is 403. The van der Waals surface area contributed by atoms with E-state index in [0.29, 0.717) is 5.82 Å². The molecule has 0 aliphatic rings. The number of nitrogens with zero attached hydrogens (tertiary/aromatic N) is 3. The molecule has 0 aromatic carbocycles. The maximum atomic E-state index is 10.5. The van der Waals surface area contributed by atoms with Gasteiger partial charge in [-0.3, -0.25) is 15.1 Å². The summed E-state index contributed by atoms with van der Waals surface area (Å²) in [6.45, 7) is 1.92. The number of hydrogen-bond donors (Lipinski definition) is 1. The average molecular weight is 236 g/mol. The monoisotopic (exact) mass is 236 g/mol. The first-order valence-electron chi connectivity index (χ1n) is 5.20. The van der Waals surface area contributed by atoms with Crippen LogP contribution in [0.25, 0.3) is 0 Å². The Kier molecular flexibility index (Phi) is 4.45. The summed E-state index contributed by atoms with van der Waals surface area (Å²) in [6.07, 6.45) is 4.37. The second-order valence-electron chi connectivity index (χ2n) is 3.85. The lowest BCUT2D eigenvalue weighted by Crippen LogP contribution is -2.28. The average Bonchev–Trinajstić information content (AvgIpc) is 2.28. The van der Waals surface area contributed by atoms with Crippen LogP contribution in [-0.2, 0) is 0 Å². The fraction of sp³-hybridized carbons (Fsp3) is 0.364. The fourth-order valence-corrected chi connectivity index (χ4v) is 1.32. The van der Waals surface area contributed by atoms with Crippen LogP contribution in [0.3, 0.4) is 0 Å². The highest BCUT2D eigenvalue weighted by Crippen LogP contribution is 2.12. The molecule has 0 bridgehead atoms. The lowest BCUT2D eigenvalue weighted by molar-refractivity contribution is -0.404. The number of pyridine rings is 1. The number of rotatable bonds is 5. The van der Waals surface area contributed by atoms with Crippen LogP contribution in [0.1, 0.15) is 18.5 Å². The van der Waals surface area contributed by atoms with Gasteiger partial charge in [-0.2, -0.15) is 0 Å². The van der Waals surface area contributed by atoms with Crippen molar-refractivity contribution in [1.29, 1.82) is 0 Å². The Labute approximate surface area is 100 Å². The van der Waals surface area contributed by atoms with E-state index in [1.54, 1.807) is 31.4 Å². The SMILES string of the molecule is CC(N/C(=C/[N+](=O)[O-])N(C)C)c1cccnc1. The van der Waals surface area contributed by atoms with E-state index in [1.165, 1.54) is 0 Å². The van der Waals surface area contributed by atoms with Crippen LogP contribution in [0.5, 0.6) is 0 Å². The van der Waals surface area contributed by atoms with Crippen molar-refractivity contribution >= 4 is 0 Å². The van der Waals surface area contributed by atoms with Crippen LogP contribution in [0.2, 0.25) is 0 Å². The van der Waals surface area contributed by atoms with Gasteiger partial charge >= 0.3 is 0 Å². The second kappa shape index (κ2) is 5.83. The molecule has 92 valence electrons. The smallest absolute Gasteiger partial charge is 0.274 e. The molecule has 0 spiro atoms. The van der Waals surface area contributed by atoms with Crippen molar-refractivity contribution in [1.82, 2.24) is 15.2 Å². The molecule has 1 heterocycles. The third kappa shape index (κ3) is 4.10. The zero-order chi connectivity index (χ0) is 12.8. The van der Waals surface area contributed by atoms with Crippen LogP contribution in [0.4, 0.5) is 0 Å². The van der Waals surface area contributed by atoms with E-state index in [2.05, 4.69) is 10.3 Å². The number of aromatic nitrogens is 1. The lowest BCUT2D eigenvalue weighted by Gasteiger charge is -2.21. The van der Waals surface area contributed by atoms with Gasteiger partial charge in [0.25, 0.3) is 6.20 Å². The molecule has 1 aromatic heterocycles. The van der Waals surface area contributed by atoms with Crippen molar-refractivity contribution in [2.24, 2.45) is 0 Å². The van der Waals surface area contributed by atoms with Crippen LogP contribution in [0.15, 0.2) is 36.5 Å². The summed E-state index contributed by atoms with van der Waals surface area (Å²) < 4.78 is 0. The highest BCUT2D eigenvalue weighted by Gasteiger charge is 2.11. The molecule has 1 unspecified atom stereocenters. The molecule has 6 nitrogen and oxygen atoms in total.